The zero-order chi connectivity index (χ0) is 11.4. The molecule has 5 heteroatoms. The monoisotopic (exact) mass is 230 g/mol. The van der Waals surface area contributed by atoms with Crippen LogP contribution in [0.1, 0.15) is 23.2 Å². The predicted molar refractivity (Wildman–Crippen MR) is 52.6 cm³/mol. The fourth-order valence-electron chi connectivity index (χ4n) is 1.07. The second kappa shape index (κ2) is 4.89. The molecular formula is C10H8ClFO3. The van der Waals surface area contributed by atoms with Crippen LogP contribution in [-0.2, 0) is 4.79 Å². The standard InChI is InChI=1S/C10H8ClFO3/c11-8-5-6(12)1-2-7(8)9(13)3-4-10(14)15/h1-2,5H,3-4H2,(H,14,15). The number of carbonyl (C=O) groups is 2. The highest BCUT2D eigenvalue weighted by Crippen LogP contribution is 2.19. The molecule has 0 radical (unpaired) electrons. The van der Waals surface area contributed by atoms with Gasteiger partial charge < -0.3 is 5.11 Å². The van der Waals surface area contributed by atoms with Crippen molar-refractivity contribution >= 4 is 23.4 Å². The molecule has 0 spiro atoms. The van der Waals surface area contributed by atoms with Crippen molar-refractivity contribution in [2.24, 2.45) is 0 Å². The summed E-state index contributed by atoms with van der Waals surface area (Å²) in [5, 5.41) is 8.38. The molecule has 0 heterocycles. The Kier molecular flexibility index (Phi) is 3.80. The van der Waals surface area contributed by atoms with Crippen molar-refractivity contribution in [1.82, 2.24) is 0 Å². The highest BCUT2D eigenvalue weighted by molar-refractivity contribution is 6.34. The second-order valence-electron chi connectivity index (χ2n) is 2.94. The number of ketones is 1. The van der Waals surface area contributed by atoms with Gasteiger partial charge in [0, 0.05) is 12.0 Å². The van der Waals surface area contributed by atoms with Gasteiger partial charge in [-0.3, -0.25) is 9.59 Å². The Balaban J connectivity index is 2.78. The van der Waals surface area contributed by atoms with Crippen LogP contribution in [0.3, 0.4) is 0 Å². The van der Waals surface area contributed by atoms with E-state index in [1.807, 2.05) is 0 Å². The van der Waals surface area contributed by atoms with E-state index in [1.165, 1.54) is 6.07 Å². The normalized spacial score (nSPS) is 10.0. The molecule has 0 aliphatic heterocycles. The summed E-state index contributed by atoms with van der Waals surface area (Å²) < 4.78 is 12.6. The van der Waals surface area contributed by atoms with E-state index in [1.54, 1.807) is 0 Å². The number of hydrogen-bond donors (Lipinski definition) is 1. The third-order valence-electron chi connectivity index (χ3n) is 1.80. The lowest BCUT2D eigenvalue weighted by Crippen LogP contribution is -2.04. The number of benzene rings is 1. The van der Waals surface area contributed by atoms with Gasteiger partial charge in [-0.1, -0.05) is 11.6 Å². The van der Waals surface area contributed by atoms with E-state index in [0.29, 0.717) is 0 Å². The largest absolute Gasteiger partial charge is 0.481 e. The van der Waals surface area contributed by atoms with Crippen LogP contribution in [0.15, 0.2) is 18.2 Å². The van der Waals surface area contributed by atoms with Crippen LogP contribution in [0, 0.1) is 5.82 Å². The minimum Gasteiger partial charge on any atom is -0.481 e. The van der Waals surface area contributed by atoms with Crippen LogP contribution in [0.2, 0.25) is 5.02 Å². The maximum absolute atomic E-state index is 12.6. The summed E-state index contributed by atoms with van der Waals surface area (Å²) in [5.41, 5.74) is 0.152. The van der Waals surface area contributed by atoms with Crippen LogP contribution in [0.4, 0.5) is 4.39 Å². The highest BCUT2D eigenvalue weighted by atomic mass is 35.5. The average molecular weight is 231 g/mol. The van der Waals surface area contributed by atoms with Gasteiger partial charge in [0.05, 0.1) is 11.4 Å². The Morgan fingerprint density at radius 3 is 2.53 bits per heavy atom. The number of carbonyl (C=O) groups excluding carboxylic acids is 1. The molecule has 80 valence electrons. The van der Waals surface area contributed by atoms with E-state index in [2.05, 4.69) is 0 Å². The third kappa shape index (κ3) is 3.32. The van der Waals surface area contributed by atoms with E-state index in [9.17, 15) is 14.0 Å². The van der Waals surface area contributed by atoms with Crippen LogP contribution in [0.5, 0.6) is 0 Å². The average Bonchev–Trinajstić information content (AvgIpc) is 2.14. The molecule has 0 saturated carbocycles. The lowest BCUT2D eigenvalue weighted by molar-refractivity contribution is -0.136. The molecule has 0 aliphatic carbocycles. The van der Waals surface area contributed by atoms with Gasteiger partial charge in [-0.2, -0.15) is 0 Å². The summed E-state index contributed by atoms with van der Waals surface area (Å²) >= 11 is 5.63. The number of Topliss-reactive ketones (excluding diaryl/α,β-unsaturated/α-hetero) is 1. The van der Waals surface area contributed by atoms with Gasteiger partial charge in [0.2, 0.25) is 0 Å². The van der Waals surface area contributed by atoms with E-state index in [4.69, 9.17) is 16.7 Å². The predicted octanol–water partition coefficient (Wildman–Crippen LogP) is 2.53. The topological polar surface area (TPSA) is 54.4 Å². The number of carboxylic acids is 1. The van der Waals surface area contributed by atoms with Crippen LogP contribution < -0.4 is 0 Å². The zero-order valence-corrected chi connectivity index (χ0v) is 8.42. The summed E-state index contributed by atoms with van der Waals surface area (Å²) in [6.07, 6.45) is -0.396. The number of rotatable bonds is 4. The Bertz CT molecular complexity index is 404. The van der Waals surface area contributed by atoms with Gasteiger partial charge in [-0.05, 0) is 18.2 Å². The molecule has 0 amide bonds. The summed E-state index contributed by atoms with van der Waals surface area (Å²) in [6, 6.07) is 3.39. The first kappa shape index (κ1) is 11.7. The first-order chi connectivity index (χ1) is 7.00. The van der Waals surface area contributed by atoms with Crippen molar-refractivity contribution in [2.75, 3.05) is 0 Å². The summed E-state index contributed by atoms with van der Waals surface area (Å²) in [5.74, 6) is -1.99. The fourth-order valence-corrected chi connectivity index (χ4v) is 1.34. The van der Waals surface area contributed by atoms with Gasteiger partial charge in [0.15, 0.2) is 5.78 Å². The molecule has 0 aromatic heterocycles. The SMILES string of the molecule is O=C(O)CCC(=O)c1ccc(F)cc1Cl. The van der Waals surface area contributed by atoms with E-state index in [-0.39, 0.29) is 23.4 Å². The molecular weight excluding hydrogens is 223 g/mol. The van der Waals surface area contributed by atoms with Crippen molar-refractivity contribution in [3.05, 3.63) is 34.6 Å². The molecule has 1 aromatic carbocycles. The Labute approximate surface area is 90.5 Å². The molecule has 15 heavy (non-hydrogen) atoms. The van der Waals surface area contributed by atoms with Gasteiger partial charge in [-0.15, -0.1) is 0 Å². The Morgan fingerprint density at radius 1 is 1.33 bits per heavy atom. The highest BCUT2D eigenvalue weighted by Gasteiger charge is 2.12. The second-order valence-corrected chi connectivity index (χ2v) is 3.35. The van der Waals surface area contributed by atoms with Gasteiger partial charge in [-0.25, -0.2) is 4.39 Å². The number of halogens is 2. The van der Waals surface area contributed by atoms with Crippen molar-refractivity contribution in [3.8, 4) is 0 Å². The van der Waals surface area contributed by atoms with Gasteiger partial charge >= 0.3 is 5.97 Å². The maximum atomic E-state index is 12.6. The van der Waals surface area contributed by atoms with Crippen LogP contribution in [0.25, 0.3) is 0 Å². The van der Waals surface area contributed by atoms with Crippen molar-refractivity contribution in [1.29, 1.82) is 0 Å². The summed E-state index contributed by atoms with van der Waals surface area (Å²) in [6.45, 7) is 0. The van der Waals surface area contributed by atoms with Crippen LogP contribution >= 0.6 is 11.6 Å². The van der Waals surface area contributed by atoms with Gasteiger partial charge in [0.25, 0.3) is 0 Å². The molecule has 0 unspecified atom stereocenters. The Morgan fingerprint density at radius 2 is 2.00 bits per heavy atom. The van der Waals surface area contributed by atoms with E-state index in [0.717, 1.165) is 12.1 Å². The first-order valence-corrected chi connectivity index (χ1v) is 4.58. The van der Waals surface area contributed by atoms with Crippen molar-refractivity contribution in [2.45, 2.75) is 12.8 Å². The van der Waals surface area contributed by atoms with Crippen molar-refractivity contribution < 1.29 is 19.1 Å². The lowest BCUT2D eigenvalue weighted by atomic mass is 10.1. The molecule has 0 fully saturated rings. The number of carboxylic acid groups (broad SMARTS) is 1. The molecule has 0 saturated heterocycles. The van der Waals surface area contributed by atoms with Crippen LogP contribution in [-0.4, -0.2) is 16.9 Å². The molecule has 0 aliphatic rings. The summed E-state index contributed by atoms with van der Waals surface area (Å²) in [7, 11) is 0. The number of aliphatic carboxylic acids is 1. The first-order valence-electron chi connectivity index (χ1n) is 4.20. The number of hydrogen-bond acceptors (Lipinski definition) is 2. The fraction of sp³-hybridized carbons (Fsp3) is 0.200. The Hall–Kier alpha value is -1.42. The maximum Gasteiger partial charge on any atom is 0.303 e. The lowest BCUT2D eigenvalue weighted by Gasteiger charge is -2.01. The molecule has 1 rings (SSSR count). The smallest absolute Gasteiger partial charge is 0.303 e. The van der Waals surface area contributed by atoms with Gasteiger partial charge in [0.1, 0.15) is 5.82 Å². The third-order valence-corrected chi connectivity index (χ3v) is 2.11. The quantitative estimate of drug-likeness (QED) is 0.809. The van der Waals surface area contributed by atoms with Crippen molar-refractivity contribution in [3.63, 3.8) is 0 Å². The molecule has 0 bridgehead atoms. The summed E-state index contributed by atoms with van der Waals surface area (Å²) in [4.78, 5) is 21.6. The van der Waals surface area contributed by atoms with E-state index >= 15 is 0 Å². The molecule has 1 aromatic rings. The molecule has 3 nitrogen and oxygen atoms in total. The minimum atomic E-state index is -1.05. The zero-order valence-electron chi connectivity index (χ0n) is 7.67. The van der Waals surface area contributed by atoms with E-state index < -0.39 is 17.6 Å². The molecule has 0 atom stereocenters. The minimum absolute atomic E-state index is 0.00499. The molecule has 1 N–H and O–H groups in total.